The van der Waals surface area contributed by atoms with Gasteiger partial charge in [0.15, 0.2) is 6.29 Å². The third-order valence-electron chi connectivity index (χ3n) is 6.98. The SMILES string of the molecule is C[C@@H](C[C@H]1C[C@@H](CC=O)OC(c2ccccc2)O1)O[Si](c1ccccc1)(c1ccccc1)C(C)(C)C. The summed E-state index contributed by atoms with van der Waals surface area (Å²) in [5.74, 6) is 0. The van der Waals surface area contributed by atoms with Gasteiger partial charge in [0.2, 0.25) is 0 Å². The highest BCUT2D eigenvalue weighted by Crippen LogP contribution is 2.39. The molecular formula is C31H38O4Si. The normalized spacial score (nSPS) is 21.6. The van der Waals surface area contributed by atoms with Crippen LogP contribution in [-0.4, -0.2) is 32.9 Å². The molecule has 4 nitrogen and oxygen atoms in total. The standard InChI is InChI=1S/C31H38O4Si/c1-24(22-27-23-26(20-21-32)33-30(34-27)25-14-8-5-9-15-25)35-36(31(2,3)4,28-16-10-6-11-17-28)29-18-12-7-13-19-29/h5-19,21,24,26-27,30H,20,22-23H2,1-4H3/t24-,26+,27-,30?/m0/s1. The molecule has 3 aromatic carbocycles. The quantitative estimate of drug-likeness (QED) is 0.274. The largest absolute Gasteiger partial charge is 0.405 e. The lowest BCUT2D eigenvalue weighted by Crippen LogP contribution is -2.67. The summed E-state index contributed by atoms with van der Waals surface area (Å²) in [5, 5.41) is 2.45. The van der Waals surface area contributed by atoms with Crippen LogP contribution >= 0.6 is 0 Å². The first-order valence-corrected chi connectivity index (χ1v) is 14.8. The summed E-state index contributed by atoms with van der Waals surface area (Å²) >= 11 is 0. The molecule has 4 rings (SSSR count). The summed E-state index contributed by atoms with van der Waals surface area (Å²) in [7, 11) is -2.65. The molecule has 1 fully saturated rings. The van der Waals surface area contributed by atoms with E-state index in [0.717, 1.165) is 18.3 Å². The fourth-order valence-electron chi connectivity index (χ4n) is 5.38. The molecule has 3 aromatic rings. The average molecular weight is 503 g/mol. The Kier molecular flexibility index (Phi) is 8.57. The van der Waals surface area contributed by atoms with E-state index in [4.69, 9.17) is 13.9 Å². The monoisotopic (exact) mass is 502 g/mol. The molecule has 1 saturated heterocycles. The van der Waals surface area contributed by atoms with Gasteiger partial charge in [-0.3, -0.25) is 0 Å². The van der Waals surface area contributed by atoms with Crippen molar-refractivity contribution in [2.75, 3.05) is 0 Å². The van der Waals surface area contributed by atoms with Crippen molar-refractivity contribution < 1.29 is 18.7 Å². The third-order valence-corrected chi connectivity index (χ3v) is 12.1. The molecule has 36 heavy (non-hydrogen) atoms. The van der Waals surface area contributed by atoms with Crippen LogP contribution in [-0.2, 0) is 18.7 Å². The molecule has 0 N–H and O–H groups in total. The summed E-state index contributed by atoms with van der Waals surface area (Å²) in [4.78, 5) is 11.3. The summed E-state index contributed by atoms with van der Waals surface area (Å²) in [6, 6.07) is 31.4. The highest BCUT2D eigenvalue weighted by Gasteiger charge is 2.51. The zero-order valence-corrected chi connectivity index (χ0v) is 22.8. The molecule has 1 aliphatic heterocycles. The van der Waals surface area contributed by atoms with Gasteiger partial charge in [-0.25, -0.2) is 0 Å². The first-order valence-electron chi connectivity index (χ1n) is 12.9. The lowest BCUT2D eigenvalue weighted by Gasteiger charge is -2.45. The zero-order chi connectivity index (χ0) is 25.6. The van der Waals surface area contributed by atoms with E-state index in [2.05, 4.69) is 88.4 Å². The van der Waals surface area contributed by atoms with Gasteiger partial charge in [-0.1, -0.05) is 112 Å². The predicted molar refractivity (Wildman–Crippen MR) is 147 cm³/mol. The summed E-state index contributed by atoms with van der Waals surface area (Å²) < 4.78 is 19.8. The maximum Gasteiger partial charge on any atom is 0.261 e. The van der Waals surface area contributed by atoms with Gasteiger partial charge in [0.1, 0.15) is 6.29 Å². The molecule has 1 unspecified atom stereocenters. The smallest absolute Gasteiger partial charge is 0.261 e. The van der Waals surface area contributed by atoms with Crippen LogP contribution in [0, 0.1) is 0 Å². The van der Waals surface area contributed by atoms with Crippen LogP contribution in [0.4, 0.5) is 0 Å². The number of hydrogen-bond donors (Lipinski definition) is 0. The van der Waals surface area contributed by atoms with Gasteiger partial charge >= 0.3 is 0 Å². The Morgan fingerprint density at radius 1 is 0.861 bits per heavy atom. The van der Waals surface area contributed by atoms with E-state index >= 15 is 0 Å². The van der Waals surface area contributed by atoms with Gasteiger partial charge < -0.3 is 18.7 Å². The van der Waals surface area contributed by atoms with Gasteiger partial charge in [0.05, 0.1) is 12.2 Å². The zero-order valence-electron chi connectivity index (χ0n) is 21.8. The molecule has 0 bridgehead atoms. The molecule has 1 heterocycles. The highest BCUT2D eigenvalue weighted by molar-refractivity contribution is 6.99. The van der Waals surface area contributed by atoms with Crippen molar-refractivity contribution in [2.24, 2.45) is 0 Å². The van der Waals surface area contributed by atoms with Crippen LogP contribution < -0.4 is 10.4 Å². The van der Waals surface area contributed by atoms with Crippen LogP contribution in [0.3, 0.4) is 0 Å². The second-order valence-corrected chi connectivity index (χ2v) is 15.0. The van der Waals surface area contributed by atoms with Crippen molar-refractivity contribution in [3.63, 3.8) is 0 Å². The number of hydrogen-bond acceptors (Lipinski definition) is 4. The average Bonchev–Trinajstić information content (AvgIpc) is 2.88. The fourth-order valence-corrected chi connectivity index (χ4v) is 10.1. The third kappa shape index (κ3) is 5.87. The minimum absolute atomic E-state index is 0.0484. The Bertz CT molecular complexity index is 1040. The molecule has 0 amide bonds. The molecule has 0 spiro atoms. The Hall–Kier alpha value is -2.57. The summed E-state index contributed by atoms with van der Waals surface area (Å²) in [6.45, 7) is 9.04. The van der Waals surface area contributed by atoms with Crippen LogP contribution in [0.1, 0.15) is 58.8 Å². The maximum absolute atomic E-state index is 11.3. The number of aldehydes is 1. The molecule has 1 aliphatic rings. The van der Waals surface area contributed by atoms with E-state index in [9.17, 15) is 4.79 Å². The van der Waals surface area contributed by atoms with Crippen LogP contribution in [0.25, 0.3) is 0 Å². The van der Waals surface area contributed by atoms with E-state index < -0.39 is 14.6 Å². The predicted octanol–water partition coefficient (Wildman–Crippen LogP) is 5.80. The second-order valence-electron chi connectivity index (χ2n) is 10.7. The minimum Gasteiger partial charge on any atom is -0.405 e. The maximum atomic E-state index is 11.3. The van der Waals surface area contributed by atoms with Gasteiger partial charge in [-0.05, 0) is 28.8 Å². The molecule has 0 aromatic heterocycles. The van der Waals surface area contributed by atoms with Crippen LogP contribution in [0.2, 0.25) is 5.04 Å². The molecule has 4 atom stereocenters. The Morgan fingerprint density at radius 2 is 1.36 bits per heavy atom. The number of carbonyl (C=O) groups excluding carboxylic acids is 1. The molecule has 0 radical (unpaired) electrons. The fraction of sp³-hybridized carbons (Fsp3) is 0.387. The Balaban J connectivity index is 1.62. The van der Waals surface area contributed by atoms with Gasteiger partial charge in [0, 0.05) is 24.5 Å². The molecular weight excluding hydrogens is 464 g/mol. The first kappa shape index (κ1) is 26.5. The topological polar surface area (TPSA) is 44.8 Å². The van der Waals surface area contributed by atoms with E-state index in [1.807, 2.05) is 30.3 Å². The van der Waals surface area contributed by atoms with Crippen molar-refractivity contribution in [1.82, 2.24) is 0 Å². The molecule has 0 aliphatic carbocycles. The van der Waals surface area contributed by atoms with Gasteiger partial charge in [-0.15, -0.1) is 0 Å². The van der Waals surface area contributed by atoms with Gasteiger partial charge in [-0.2, -0.15) is 0 Å². The van der Waals surface area contributed by atoms with Crippen molar-refractivity contribution >= 4 is 25.0 Å². The summed E-state index contributed by atoms with van der Waals surface area (Å²) in [6.07, 6.45) is 1.96. The number of rotatable bonds is 9. The van der Waals surface area contributed by atoms with Crippen LogP contribution in [0.15, 0.2) is 91.0 Å². The number of ether oxygens (including phenoxy) is 2. The molecule has 190 valence electrons. The van der Waals surface area contributed by atoms with E-state index in [1.54, 1.807) is 0 Å². The van der Waals surface area contributed by atoms with Crippen LogP contribution in [0.5, 0.6) is 0 Å². The van der Waals surface area contributed by atoms with E-state index in [-0.39, 0.29) is 23.4 Å². The van der Waals surface area contributed by atoms with Crippen molar-refractivity contribution in [3.05, 3.63) is 96.6 Å². The van der Waals surface area contributed by atoms with Crippen molar-refractivity contribution in [1.29, 1.82) is 0 Å². The Labute approximate surface area is 216 Å². The lowest BCUT2D eigenvalue weighted by atomic mass is 10.0. The van der Waals surface area contributed by atoms with Crippen molar-refractivity contribution in [3.8, 4) is 0 Å². The molecule has 0 saturated carbocycles. The van der Waals surface area contributed by atoms with E-state index in [1.165, 1.54) is 10.4 Å². The molecule has 5 heteroatoms. The first-order chi connectivity index (χ1) is 17.3. The van der Waals surface area contributed by atoms with Gasteiger partial charge in [0.25, 0.3) is 8.32 Å². The van der Waals surface area contributed by atoms with E-state index in [0.29, 0.717) is 12.8 Å². The minimum atomic E-state index is -2.65. The summed E-state index contributed by atoms with van der Waals surface area (Å²) in [5.41, 5.74) is 0.971. The second kappa shape index (κ2) is 11.7. The van der Waals surface area contributed by atoms with Crippen molar-refractivity contribution in [2.45, 2.75) is 76.6 Å². The number of carbonyl (C=O) groups is 1. The number of benzene rings is 3. The highest BCUT2D eigenvalue weighted by atomic mass is 28.4. The lowest BCUT2D eigenvalue weighted by molar-refractivity contribution is -0.250. The Morgan fingerprint density at radius 3 is 1.86 bits per heavy atom.